The third-order valence-electron chi connectivity index (χ3n) is 6.12. The second-order valence-corrected chi connectivity index (χ2v) is 15.9. The fourth-order valence-electron chi connectivity index (χ4n) is 5.94. The van der Waals surface area contributed by atoms with Gasteiger partial charge in [-0.3, -0.25) is 0 Å². The minimum atomic E-state index is -0.755. The van der Waals surface area contributed by atoms with E-state index in [0.717, 1.165) is 17.8 Å². The summed E-state index contributed by atoms with van der Waals surface area (Å²) in [6.45, 7) is 7.15. The maximum Gasteiger partial charge on any atom is 0.153 e. The Morgan fingerprint density at radius 3 is 1.85 bits per heavy atom. The molecule has 1 nitrogen and oxygen atoms in total. The van der Waals surface area contributed by atoms with Gasteiger partial charge in [-0.15, -0.1) is 0 Å². The van der Waals surface area contributed by atoms with Crippen LogP contribution in [0.15, 0.2) is 0 Å². The molecule has 0 radical (unpaired) electrons. The Hall–Kier alpha value is 1.20. The van der Waals surface area contributed by atoms with E-state index >= 15 is 0 Å². The average molecular weight is 349 g/mol. The van der Waals surface area contributed by atoms with E-state index in [4.69, 9.17) is 0 Å². The van der Waals surface area contributed by atoms with Crippen LogP contribution in [0.5, 0.6) is 0 Å². The maximum atomic E-state index is 12.2. The zero-order chi connectivity index (χ0) is 14.2. The molecular weight excluding hydrogens is 324 g/mol. The van der Waals surface area contributed by atoms with Gasteiger partial charge in [-0.1, -0.05) is 31.6 Å². The van der Waals surface area contributed by atoms with E-state index in [9.17, 15) is 4.21 Å². The molecular formula is C15H24OS4. The number of rotatable bonds is 1. The molecule has 0 spiro atoms. The van der Waals surface area contributed by atoms with Crippen LogP contribution in [-0.2, 0) is 8.86 Å². The second kappa shape index (κ2) is 4.61. The van der Waals surface area contributed by atoms with E-state index in [1.54, 1.807) is 20.6 Å². The zero-order valence-corrected chi connectivity index (χ0v) is 15.8. The van der Waals surface area contributed by atoms with Gasteiger partial charge in [0.1, 0.15) is 0 Å². The van der Waals surface area contributed by atoms with Crippen LogP contribution in [0.25, 0.3) is 0 Å². The van der Waals surface area contributed by atoms with Crippen molar-refractivity contribution in [2.24, 2.45) is 28.6 Å². The highest BCUT2D eigenvalue weighted by atomic mass is 33.7. The van der Waals surface area contributed by atoms with Crippen molar-refractivity contribution in [3.05, 3.63) is 0 Å². The first-order valence-electron chi connectivity index (χ1n) is 7.81. The fourth-order valence-corrected chi connectivity index (χ4v) is 18.2. The smallest absolute Gasteiger partial charge is 0.153 e. The summed E-state index contributed by atoms with van der Waals surface area (Å²) in [4.78, 5) is 0. The third-order valence-corrected chi connectivity index (χ3v) is 16.3. The molecule has 2 unspecified atom stereocenters. The van der Waals surface area contributed by atoms with Crippen LogP contribution < -0.4 is 0 Å². The molecule has 0 aromatic heterocycles. The standard InChI is InChI=1S/C15H24OS4/c1-13(2,3)15(17-19-20(16)18-15)14-7-10-4-11(8-14)6-12(5-10)9-14/h10-12H,4-9H2,1-3H3. The summed E-state index contributed by atoms with van der Waals surface area (Å²) in [5.74, 6) is 2.92. The van der Waals surface area contributed by atoms with Gasteiger partial charge in [0.15, 0.2) is 8.86 Å². The highest BCUT2D eigenvalue weighted by Gasteiger charge is 2.67. The molecule has 2 atom stereocenters. The molecule has 4 aliphatic carbocycles. The Morgan fingerprint density at radius 1 is 1.00 bits per heavy atom. The highest BCUT2D eigenvalue weighted by molar-refractivity contribution is 9.26. The van der Waals surface area contributed by atoms with Gasteiger partial charge in [0.25, 0.3) is 0 Å². The van der Waals surface area contributed by atoms with Crippen LogP contribution in [0.1, 0.15) is 59.3 Å². The topological polar surface area (TPSA) is 17.1 Å². The second-order valence-electron chi connectivity index (χ2n) is 8.50. The van der Waals surface area contributed by atoms with Crippen molar-refractivity contribution >= 4 is 40.3 Å². The van der Waals surface area contributed by atoms with Crippen LogP contribution in [0.2, 0.25) is 0 Å². The lowest BCUT2D eigenvalue weighted by Gasteiger charge is -2.64. The van der Waals surface area contributed by atoms with Crippen molar-refractivity contribution in [3.8, 4) is 0 Å². The molecule has 0 amide bonds. The lowest BCUT2D eigenvalue weighted by Crippen LogP contribution is -2.59. The minimum Gasteiger partial charge on any atom is -0.235 e. The van der Waals surface area contributed by atoms with E-state index in [1.807, 2.05) is 10.8 Å². The van der Waals surface area contributed by atoms with Crippen LogP contribution in [-0.4, -0.2) is 8.29 Å². The van der Waals surface area contributed by atoms with Crippen molar-refractivity contribution in [3.63, 3.8) is 0 Å². The molecule has 0 aromatic rings. The SMILES string of the molecule is CC(C)(C)C1(C23CC4CC(CC(C4)C2)C3)SSS(=O)S1. The summed E-state index contributed by atoms with van der Waals surface area (Å²) < 4.78 is 12.4. The highest BCUT2D eigenvalue weighted by Crippen LogP contribution is 2.78. The van der Waals surface area contributed by atoms with Crippen LogP contribution in [0.4, 0.5) is 0 Å². The van der Waals surface area contributed by atoms with Gasteiger partial charge in [0, 0.05) is 9.83 Å². The van der Waals surface area contributed by atoms with Gasteiger partial charge in [-0.2, -0.15) is 0 Å². The molecule has 0 N–H and O–H groups in total. The van der Waals surface area contributed by atoms with Gasteiger partial charge < -0.3 is 0 Å². The Bertz CT molecular complexity index is 420. The summed E-state index contributed by atoms with van der Waals surface area (Å²) in [6, 6.07) is 0. The summed E-state index contributed by atoms with van der Waals surface area (Å²) in [7, 11) is 4.66. The number of hydrogen-bond acceptors (Lipinski definition) is 4. The normalized spacial score (nSPS) is 54.5. The molecule has 5 fully saturated rings. The Kier molecular flexibility index (Phi) is 3.40. The summed E-state index contributed by atoms with van der Waals surface area (Å²) in [6.07, 6.45) is 8.71. The van der Waals surface area contributed by atoms with E-state index in [0.29, 0.717) is 5.41 Å². The zero-order valence-electron chi connectivity index (χ0n) is 12.5. The van der Waals surface area contributed by atoms with E-state index < -0.39 is 8.86 Å². The molecule has 0 aromatic carbocycles. The Morgan fingerprint density at radius 2 is 1.50 bits per heavy atom. The van der Waals surface area contributed by atoms with E-state index in [-0.39, 0.29) is 9.49 Å². The van der Waals surface area contributed by atoms with E-state index in [2.05, 4.69) is 20.8 Å². The fraction of sp³-hybridized carbons (Fsp3) is 1.00. The number of hydrogen-bond donors (Lipinski definition) is 0. The first-order chi connectivity index (χ1) is 9.34. The van der Waals surface area contributed by atoms with Crippen molar-refractivity contribution in [2.75, 3.05) is 0 Å². The predicted molar refractivity (Wildman–Crippen MR) is 93.7 cm³/mol. The van der Waals surface area contributed by atoms with Crippen molar-refractivity contribution in [1.82, 2.24) is 0 Å². The minimum absolute atomic E-state index is 0.158. The van der Waals surface area contributed by atoms with Crippen molar-refractivity contribution < 1.29 is 4.21 Å². The molecule has 5 heteroatoms. The molecule has 4 bridgehead atoms. The molecule has 20 heavy (non-hydrogen) atoms. The first-order valence-corrected chi connectivity index (χ1v) is 13.0. The molecule has 1 saturated heterocycles. The Labute approximate surface area is 136 Å². The van der Waals surface area contributed by atoms with Gasteiger partial charge in [0.05, 0.1) is 4.08 Å². The molecule has 1 heterocycles. The quantitative estimate of drug-likeness (QED) is 0.569. The van der Waals surface area contributed by atoms with Crippen LogP contribution >= 0.6 is 31.4 Å². The third kappa shape index (κ3) is 1.94. The largest absolute Gasteiger partial charge is 0.235 e. The van der Waals surface area contributed by atoms with Crippen LogP contribution in [0, 0.1) is 28.6 Å². The predicted octanol–water partition coefficient (Wildman–Crippen LogP) is 5.65. The van der Waals surface area contributed by atoms with Gasteiger partial charge in [-0.25, -0.2) is 4.21 Å². The molecule has 4 saturated carbocycles. The summed E-state index contributed by atoms with van der Waals surface area (Å²) >= 11 is 0. The lowest BCUT2D eigenvalue weighted by molar-refractivity contribution is -0.0745. The first kappa shape index (κ1) is 14.8. The summed E-state index contributed by atoms with van der Waals surface area (Å²) in [5.41, 5.74) is 0.668. The molecule has 5 rings (SSSR count). The van der Waals surface area contributed by atoms with Gasteiger partial charge >= 0.3 is 0 Å². The van der Waals surface area contributed by atoms with E-state index in [1.165, 1.54) is 38.5 Å². The summed E-state index contributed by atoms with van der Waals surface area (Å²) in [5, 5.41) is 0. The van der Waals surface area contributed by atoms with Crippen LogP contribution in [0.3, 0.4) is 0 Å². The molecule has 1 aliphatic heterocycles. The average Bonchev–Trinajstić information content (AvgIpc) is 2.70. The van der Waals surface area contributed by atoms with Gasteiger partial charge in [0.2, 0.25) is 0 Å². The maximum absolute atomic E-state index is 12.2. The molecule has 5 aliphatic rings. The monoisotopic (exact) mass is 348 g/mol. The lowest BCUT2D eigenvalue weighted by atomic mass is 9.47. The van der Waals surface area contributed by atoms with Crippen molar-refractivity contribution in [1.29, 1.82) is 0 Å². The molecule has 114 valence electrons. The van der Waals surface area contributed by atoms with Gasteiger partial charge in [-0.05, 0) is 77.9 Å². The van der Waals surface area contributed by atoms with Crippen molar-refractivity contribution in [2.45, 2.75) is 63.4 Å². The Balaban J connectivity index is 1.79.